The van der Waals surface area contributed by atoms with E-state index in [0.29, 0.717) is 15.8 Å². The third kappa shape index (κ3) is 3.22. The van der Waals surface area contributed by atoms with Gasteiger partial charge in [0.2, 0.25) is 0 Å². The molecule has 2 aromatic carbocycles. The van der Waals surface area contributed by atoms with E-state index in [4.69, 9.17) is 27.9 Å². The summed E-state index contributed by atoms with van der Waals surface area (Å²) in [5.74, 6) is 0.313. The number of benzene rings is 2. The molecule has 0 saturated carbocycles. The molecule has 0 fully saturated rings. The number of alkyl halides is 1. The first kappa shape index (κ1) is 14.6. The molecule has 0 bridgehead atoms. The van der Waals surface area contributed by atoms with Crippen LogP contribution in [0.4, 0.5) is 4.39 Å². The van der Waals surface area contributed by atoms with Crippen molar-refractivity contribution < 1.29 is 9.13 Å². The van der Waals surface area contributed by atoms with Gasteiger partial charge in [-0.25, -0.2) is 4.39 Å². The molecular formula is C14H10BrCl2FO. The van der Waals surface area contributed by atoms with Crippen LogP contribution in [0.3, 0.4) is 0 Å². The molecule has 1 atom stereocenters. The minimum absolute atomic E-state index is 0.209. The summed E-state index contributed by atoms with van der Waals surface area (Å²) in [6.07, 6.45) is 0. The Hall–Kier alpha value is -0.770. The molecule has 100 valence electrons. The second-order valence-electron chi connectivity index (χ2n) is 3.92. The van der Waals surface area contributed by atoms with Crippen LogP contribution >= 0.6 is 39.1 Å². The number of halogens is 4. The second-order valence-corrected chi connectivity index (χ2v) is 5.65. The van der Waals surface area contributed by atoms with Gasteiger partial charge in [-0.15, -0.1) is 0 Å². The molecule has 0 aliphatic rings. The van der Waals surface area contributed by atoms with E-state index in [9.17, 15) is 4.39 Å². The molecule has 0 aliphatic heterocycles. The molecular weight excluding hydrogens is 354 g/mol. The van der Waals surface area contributed by atoms with Crippen molar-refractivity contribution in [3.8, 4) is 5.75 Å². The molecule has 0 saturated heterocycles. The Bertz CT molecular complexity index is 604. The number of methoxy groups -OCH3 is 1. The van der Waals surface area contributed by atoms with Crippen molar-refractivity contribution in [3.63, 3.8) is 0 Å². The third-order valence-corrected chi connectivity index (χ3v) is 4.36. The summed E-state index contributed by atoms with van der Waals surface area (Å²) in [6.45, 7) is 0. The number of hydrogen-bond donors (Lipinski definition) is 0. The second kappa shape index (κ2) is 6.12. The molecule has 0 aliphatic carbocycles. The molecule has 2 rings (SSSR count). The molecule has 1 unspecified atom stereocenters. The largest absolute Gasteiger partial charge is 0.497 e. The first-order valence-corrected chi connectivity index (χ1v) is 7.12. The Morgan fingerprint density at radius 2 is 1.63 bits per heavy atom. The van der Waals surface area contributed by atoms with Crippen molar-refractivity contribution in [2.75, 3.05) is 7.11 Å². The predicted octanol–water partition coefficient (Wildman–Crippen LogP) is 5.63. The Morgan fingerprint density at radius 3 is 2.16 bits per heavy atom. The molecule has 0 amide bonds. The van der Waals surface area contributed by atoms with Crippen LogP contribution in [-0.2, 0) is 0 Å². The zero-order valence-electron chi connectivity index (χ0n) is 9.96. The van der Waals surface area contributed by atoms with Gasteiger partial charge in [-0.2, -0.15) is 0 Å². The maximum absolute atomic E-state index is 13.0. The fraction of sp³-hybridized carbons (Fsp3) is 0.143. The van der Waals surface area contributed by atoms with Gasteiger partial charge in [-0.05, 0) is 35.4 Å². The smallest absolute Gasteiger partial charge is 0.124 e. The van der Waals surface area contributed by atoms with Crippen LogP contribution in [0.25, 0.3) is 0 Å². The third-order valence-electron chi connectivity index (χ3n) is 2.72. The van der Waals surface area contributed by atoms with Crippen molar-refractivity contribution in [1.82, 2.24) is 0 Å². The Balaban J connectivity index is 2.41. The van der Waals surface area contributed by atoms with Gasteiger partial charge in [0.05, 0.1) is 11.9 Å². The lowest BCUT2D eigenvalue weighted by Gasteiger charge is -2.15. The normalized spacial score (nSPS) is 12.3. The SMILES string of the molecule is COc1ccc(C(Br)c2ccc(F)cc2Cl)c(Cl)c1. The highest BCUT2D eigenvalue weighted by atomic mass is 79.9. The first-order valence-electron chi connectivity index (χ1n) is 5.45. The van der Waals surface area contributed by atoms with Gasteiger partial charge < -0.3 is 4.74 Å². The van der Waals surface area contributed by atoms with E-state index in [1.54, 1.807) is 19.2 Å². The van der Waals surface area contributed by atoms with Gasteiger partial charge in [0.15, 0.2) is 0 Å². The van der Waals surface area contributed by atoms with Gasteiger partial charge in [-0.1, -0.05) is 51.3 Å². The van der Waals surface area contributed by atoms with Crippen LogP contribution in [0.1, 0.15) is 16.0 Å². The zero-order chi connectivity index (χ0) is 14.0. The first-order chi connectivity index (χ1) is 9.02. The predicted molar refractivity (Wildman–Crippen MR) is 80.2 cm³/mol. The minimum atomic E-state index is -0.366. The van der Waals surface area contributed by atoms with E-state index in [1.807, 2.05) is 12.1 Å². The van der Waals surface area contributed by atoms with E-state index >= 15 is 0 Å². The highest BCUT2D eigenvalue weighted by molar-refractivity contribution is 9.09. The maximum atomic E-state index is 13.0. The summed E-state index contributed by atoms with van der Waals surface area (Å²) >= 11 is 15.8. The van der Waals surface area contributed by atoms with Crippen molar-refractivity contribution in [3.05, 3.63) is 63.4 Å². The maximum Gasteiger partial charge on any atom is 0.124 e. The van der Waals surface area contributed by atoms with E-state index < -0.39 is 0 Å². The van der Waals surface area contributed by atoms with E-state index in [2.05, 4.69) is 15.9 Å². The topological polar surface area (TPSA) is 9.23 Å². The molecule has 0 N–H and O–H groups in total. The number of rotatable bonds is 3. The summed E-state index contributed by atoms with van der Waals surface area (Å²) in [6, 6.07) is 9.67. The van der Waals surface area contributed by atoms with Crippen molar-refractivity contribution in [2.45, 2.75) is 4.83 Å². The number of ether oxygens (including phenoxy) is 1. The average Bonchev–Trinajstić information content (AvgIpc) is 2.37. The van der Waals surface area contributed by atoms with Gasteiger partial charge in [-0.3, -0.25) is 0 Å². The van der Waals surface area contributed by atoms with Crippen LogP contribution in [0.2, 0.25) is 10.0 Å². The summed E-state index contributed by atoms with van der Waals surface area (Å²) in [5.41, 5.74) is 1.60. The molecule has 19 heavy (non-hydrogen) atoms. The fourth-order valence-corrected chi connectivity index (χ4v) is 3.33. The van der Waals surface area contributed by atoms with Crippen LogP contribution in [0.5, 0.6) is 5.75 Å². The minimum Gasteiger partial charge on any atom is -0.497 e. The van der Waals surface area contributed by atoms with Crippen molar-refractivity contribution in [2.24, 2.45) is 0 Å². The highest BCUT2D eigenvalue weighted by Crippen LogP contribution is 2.39. The molecule has 5 heteroatoms. The van der Waals surface area contributed by atoms with E-state index in [-0.39, 0.29) is 10.6 Å². The summed E-state index contributed by atoms with van der Waals surface area (Å²) in [5, 5.41) is 0.912. The fourth-order valence-electron chi connectivity index (χ4n) is 1.71. The van der Waals surface area contributed by atoms with Crippen LogP contribution in [0.15, 0.2) is 36.4 Å². The van der Waals surface area contributed by atoms with Gasteiger partial charge in [0, 0.05) is 10.0 Å². The van der Waals surface area contributed by atoms with E-state index in [1.165, 1.54) is 12.1 Å². The summed E-state index contributed by atoms with van der Waals surface area (Å²) in [7, 11) is 1.58. The van der Waals surface area contributed by atoms with Crippen LogP contribution in [0, 0.1) is 5.82 Å². The molecule has 0 heterocycles. The van der Waals surface area contributed by atoms with Gasteiger partial charge in [0.25, 0.3) is 0 Å². The molecule has 2 aromatic rings. The molecule has 0 radical (unpaired) electrons. The Kier molecular flexibility index (Phi) is 4.71. The monoisotopic (exact) mass is 362 g/mol. The van der Waals surface area contributed by atoms with Crippen LogP contribution in [-0.4, -0.2) is 7.11 Å². The molecule has 1 nitrogen and oxygen atoms in total. The Labute approximate surface area is 129 Å². The quantitative estimate of drug-likeness (QED) is 0.642. The highest BCUT2D eigenvalue weighted by Gasteiger charge is 2.17. The average molecular weight is 364 g/mol. The van der Waals surface area contributed by atoms with Gasteiger partial charge in [0.1, 0.15) is 11.6 Å². The van der Waals surface area contributed by atoms with Crippen LogP contribution < -0.4 is 4.74 Å². The lowest BCUT2D eigenvalue weighted by molar-refractivity contribution is 0.414. The Morgan fingerprint density at radius 1 is 1.05 bits per heavy atom. The number of hydrogen-bond acceptors (Lipinski definition) is 1. The van der Waals surface area contributed by atoms with Crippen molar-refractivity contribution in [1.29, 1.82) is 0 Å². The molecule has 0 aromatic heterocycles. The summed E-state index contributed by atoms with van der Waals surface area (Å²) in [4.78, 5) is -0.209. The van der Waals surface area contributed by atoms with Crippen molar-refractivity contribution >= 4 is 39.1 Å². The lowest BCUT2D eigenvalue weighted by atomic mass is 10.0. The lowest BCUT2D eigenvalue weighted by Crippen LogP contribution is -1.96. The zero-order valence-corrected chi connectivity index (χ0v) is 13.1. The van der Waals surface area contributed by atoms with E-state index in [0.717, 1.165) is 11.1 Å². The van der Waals surface area contributed by atoms with Gasteiger partial charge >= 0.3 is 0 Å². The standard InChI is InChI=1S/C14H10BrCl2FO/c1-19-9-3-5-11(13(17)7-9)14(15)10-4-2-8(18)6-12(10)16/h2-7,14H,1H3. The summed E-state index contributed by atoms with van der Waals surface area (Å²) < 4.78 is 18.1. The molecule has 0 spiro atoms.